The molecule has 0 amide bonds. The Morgan fingerprint density at radius 2 is 0.929 bits per heavy atom. The lowest BCUT2D eigenvalue weighted by Gasteiger charge is -2.50. The normalized spacial score (nSPS) is 15.9. The summed E-state index contributed by atoms with van der Waals surface area (Å²) < 4.78 is 7.48. The fraction of sp³-hybridized carbons (Fsp3) is 0.975. The first-order valence-corrected chi connectivity index (χ1v) is 19.5. The molecule has 0 N–H and O–H groups in total. The molecule has 42 heavy (non-hydrogen) atoms. The van der Waals surface area contributed by atoms with E-state index in [9.17, 15) is 4.79 Å². The minimum atomic E-state index is -0.0306. The molecule has 1 unspecified atom stereocenters. The highest BCUT2D eigenvalue weighted by Crippen LogP contribution is 2.48. The van der Waals surface area contributed by atoms with Gasteiger partial charge in [-0.1, -0.05) is 183 Å². The topological polar surface area (TPSA) is 26.3 Å². The average molecular weight is 591 g/mol. The summed E-state index contributed by atoms with van der Waals surface area (Å²) in [4.78, 5) is 12.1. The third-order valence-corrected chi connectivity index (χ3v) is 10.3. The van der Waals surface area contributed by atoms with E-state index in [1.165, 1.54) is 161 Å². The monoisotopic (exact) mass is 591 g/mol. The van der Waals surface area contributed by atoms with Crippen molar-refractivity contribution >= 4 is 5.78 Å². The third kappa shape index (κ3) is 18.4. The Balaban J connectivity index is 3.02. The largest absolute Gasteiger partial charge is 0.371 e. The van der Waals surface area contributed by atoms with Crippen LogP contribution in [0.2, 0.25) is 0 Å². The Labute approximate surface area is 265 Å². The molecule has 250 valence electrons. The molecule has 2 heteroatoms. The number of ether oxygens (including phenoxy) is 1. The zero-order valence-corrected chi connectivity index (χ0v) is 30.0. The maximum atomic E-state index is 12.1. The Hall–Kier alpha value is -0.370. The Kier molecular flexibility index (Phi) is 23.5. The Morgan fingerprint density at radius 1 is 0.571 bits per heavy atom. The van der Waals surface area contributed by atoms with Crippen molar-refractivity contribution in [2.75, 3.05) is 0 Å². The van der Waals surface area contributed by atoms with Gasteiger partial charge in [0, 0.05) is 12.8 Å². The van der Waals surface area contributed by atoms with Gasteiger partial charge in [0.2, 0.25) is 0 Å². The molecule has 0 saturated heterocycles. The van der Waals surface area contributed by atoms with Crippen LogP contribution in [0, 0.1) is 11.3 Å². The number of carbonyl (C=O) groups excluding carboxylic acids is 1. The molecule has 0 heterocycles. The Bertz CT molecular complexity index is 588. The highest BCUT2D eigenvalue weighted by atomic mass is 16.5. The van der Waals surface area contributed by atoms with Crippen molar-refractivity contribution < 1.29 is 9.53 Å². The van der Waals surface area contributed by atoms with Crippen LogP contribution in [-0.4, -0.2) is 17.5 Å². The van der Waals surface area contributed by atoms with E-state index in [-0.39, 0.29) is 17.1 Å². The van der Waals surface area contributed by atoms with E-state index in [4.69, 9.17) is 4.74 Å². The zero-order chi connectivity index (χ0) is 30.9. The van der Waals surface area contributed by atoms with Crippen molar-refractivity contribution in [1.82, 2.24) is 0 Å². The number of ketones is 1. The number of carbonyl (C=O) groups is 1. The quantitative estimate of drug-likeness (QED) is 0.0847. The molecule has 1 aliphatic carbocycles. The molecule has 0 aliphatic heterocycles. The molecule has 0 aromatic heterocycles. The van der Waals surface area contributed by atoms with Crippen molar-refractivity contribution in [1.29, 1.82) is 0 Å². The van der Waals surface area contributed by atoms with Gasteiger partial charge in [0.15, 0.2) is 0 Å². The van der Waals surface area contributed by atoms with E-state index in [1.54, 1.807) is 0 Å². The van der Waals surface area contributed by atoms with Crippen molar-refractivity contribution in [3.05, 3.63) is 0 Å². The molecule has 0 bridgehead atoms. The molecular formula is C40H78O2. The van der Waals surface area contributed by atoms with Gasteiger partial charge in [0.1, 0.15) is 5.78 Å². The van der Waals surface area contributed by atoms with Crippen LogP contribution < -0.4 is 0 Å². The first kappa shape index (κ1) is 39.7. The lowest BCUT2D eigenvalue weighted by Crippen LogP contribution is -2.49. The summed E-state index contributed by atoms with van der Waals surface area (Å²) in [6.45, 7) is 14.4. The summed E-state index contributed by atoms with van der Waals surface area (Å²) in [7, 11) is 0. The lowest BCUT2D eigenvalue weighted by molar-refractivity contribution is -0.173. The zero-order valence-electron chi connectivity index (χ0n) is 30.0. The van der Waals surface area contributed by atoms with E-state index in [0.29, 0.717) is 11.7 Å². The second kappa shape index (κ2) is 24.9. The standard InChI is InChI=1S/C40H78O2/c1-7-10-13-16-19-21-24-27-34-40(42-37-32-30-36(41)31-33-37,35-28-25-22-20-17-14-11-8-2)38(39(4,5)6)29-26-23-18-15-12-9-3/h37-38H,7-35H2,1-6H3. The van der Waals surface area contributed by atoms with Gasteiger partial charge in [-0.25, -0.2) is 0 Å². The molecule has 1 atom stereocenters. The Morgan fingerprint density at radius 3 is 1.31 bits per heavy atom. The lowest BCUT2D eigenvalue weighted by atomic mass is 9.64. The number of Topliss-reactive ketones (excluding diaryl/α,β-unsaturated/α-hetero) is 1. The SMILES string of the molecule is CCCCCCCCCCC(CCCCCCCCCC)(OC1CCC(=O)CC1)C(CCCCCCCC)C(C)(C)C. The van der Waals surface area contributed by atoms with E-state index in [1.807, 2.05) is 0 Å². The maximum Gasteiger partial charge on any atom is 0.133 e. The van der Waals surface area contributed by atoms with Gasteiger partial charge >= 0.3 is 0 Å². The summed E-state index contributed by atoms with van der Waals surface area (Å²) in [5.74, 6) is 1.04. The molecule has 0 aromatic rings. The average Bonchev–Trinajstić information content (AvgIpc) is 2.96. The molecule has 0 spiro atoms. The maximum absolute atomic E-state index is 12.1. The molecule has 0 aromatic carbocycles. The summed E-state index contributed by atoms with van der Waals surface area (Å²) in [6.07, 6.45) is 37.5. The number of unbranched alkanes of at least 4 members (excludes halogenated alkanes) is 19. The van der Waals surface area contributed by atoms with Crippen LogP contribution >= 0.6 is 0 Å². The van der Waals surface area contributed by atoms with E-state index in [0.717, 1.165) is 25.7 Å². The molecule has 1 aliphatic rings. The first-order valence-electron chi connectivity index (χ1n) is 19.5. The molecular weight excluding hydrogens is 512 g/mol. The summed E-state index contributed by atoms with van der Waals surface area (Å²) >= 11 is 0. The molecule has 1 fully saturated rings. The van der Waals surface area contributed by atoms with Crippen LogP contribution in [0.25, 0.3) is 0 Å². The van der Waals surface area contributed by atoms with Crippen LogP contribution in [-0.2, 0) is 9.53 Å². The predicted octanol–water partition coefficient (Wildman–Crippen LogP) is 13.7. The molecule has 1 rings (SSSR count). The van der Waals surface area contributed by atoms with E-state index < -0.39 is 0 Å². The summed E-state index contributed by atoms with van der Waals surface area (Å²) in [6, 6.07) is 0. The minimum Gasteiger partial charge on any atom is -0.371 e. The van der Waals surface area contributed by atoms with Gasteiger partial charge in [-0.05, 0) is 43.4 Å². The number of hydrogen-bond donors (Lipinski definition) is 0. The third-order valence-electron chi connectivity index (χ3n) is 10.3. The van der Waals surface area contributed by atoms with Gasteiger partial charge in [-0.2, -0.15) is 0 Å². The summed E-state index contributed by atoms with van der Waals surface area (Å²) in [5.41, 5.74) is 0.200. The second-order valence-corrected chi connectivity index (χ2v) is 15.3. The van der Waals surface area contributed by atoms with Crippen molar-refractivity contribution in [2.45, 2.75) is 239 Å². The number of hydrogen-bond acceptors (Lipinski definition) is 2. The van der Waals surface area contributed by atoms with Crippen LogP contribution in [0.5, 0.6) is 0 Å². The molecule has 2 nitrogen and oxygen atoms in total. The number of rotatable bonds is 28. The van der Waals surface area contributed by atoms with Gasteiger partial charge in [-0.3, -0.25) is 4.79 Å². The van der Waals surface area contributed by atoms with Crippen LogP contribution in [0.3, 0.4) is 0 Å². The van der Waals surface area contributed by atoms with E-state index >= 15 is 0 Å². The smallest absolute Gasteiger partial charge is 0.133 e. The second-order valence-electron chi connectivity index (χ2n) is 15.3. The predicted molar refractivity (Wildman–Crippen MR) is 186 cm³/mol. The minimum absolute atomic E-state index is 0.0306. The van der Waals surface area contributed by atoms with Crippen LogP contribution in [0.4, 0.5) is 0 Å². The van der Waals surface area contributed by atoms with Gasteiger partial charge in [0.05, 0.1) is 11.7 Å². The first-order chi connectivity index (χ1) is 20.3. The van der Waals surface area contributed by atoms with Crippen LogP contribution in [0.15, 0.2) is 0 Å². The highest BCUT2D eigenvalue weighted by molar-refractivity contribution is 5.79. The van der Waals surface area contributed by atoms with Gasteiger partial charge < -0.3 is 4.74 Å². The van der Waals surface area contributed by atoms with Crippen LogP contribution in [0.1, 0.15) is 228 Å². The van der Waals surface area contributed by atoms with Gasteiger partial charge in [0.25, 0.3) is 0 Å². The van der Waals surface area contributed by atoms with Crippen molar-refractivity contribution in [3.63, 3.8) is 0 Å². The fourth-order valence-corrected chi connectivity index (χ4v) is 7.77. The van der Waals surface area contributed by atoms with Gasteiger partial charge in [-0.15, -0.1) is 0 Å². The van der Waals surface area contributed by atoms with Crippen molar-refractivity contribution in [3.8, 4) is 0 Å². The molecule has 1 saturated carbocycles. The van der Waals surface area contributed by atoms with Crippen molar-refractivity contribution in [2.24, 2.45) is 11.3 Å². The van der Waals surface area contributed by atoms with E-state index in [2.05, 4.69) is 41.5 Å². The highest BCUT2D eigenvalue weighted by Gasteiger charge is 2.46. The summed E-state index contributed by atoms with van der Waals surface area (Å²) in [5, 5.41) is 0. The molecule has 0 radical (unpaired) electrons. The fourth-order valence-electron chi connectivity index (χ4n) is 7.77.